The number of rotatable bonds is 7. The Morgan fingerprint density at radius 3 is 2.78 bits per heavy atom. The maximum Gasteiger partial charge on any atom is 0.0768 e. The lowest BCUT2D eigenvalue weighted by molar-refractivity contribution is 0.302. The quantitative estimate of drug-likeness (QED) is 0.770. The van der Waals surface area contributed by atoms with Crippen molar-refractivity contribution in [1.82, 2.24) is 14.7 Å². The highest BCUT2D eigenvalue weighted by Crippen LogP contribution is 2.10. The molecule has 2 atom stereocenters. The molecule has 1 rings (SSSR count). The largest absolute Gasteiger partial charge is 0.393 e. The molecular weight excluding hydrogens is 244 g/mol. The fraction of sp³-hybridized carbons (Fsp3) is 0.692. The van der Waals surface area contributed by atoms with Gasteiger partial charge in [-0.2, -0.15) is 5.10 Å². The first-order valence-electron chi connectivity index (χ1n) is 6.46. The Morgan fingerprint density at radius 1 is 1.56 bits per heavy atom. The molecular formula is C13H24N4S. The summed E-state index contributed by atoms with van der Waals surface area (Å²) in [5.41, 5.74) is 6.72. The summed E-state index contributed by atoms with van der Waals surface area (Å²) < 4.78 is 2.03. The molecule has 0 saturated carbocycles. The number of aromatic nitrogens is 2. The number of nitrogens with two attached hydrogens (primary N) is 1. The molecule has 2 unspecified atom stereocenters. The van der Waals surface area contributed by atoms with Gasteiger partial charge in [-0.1, -0.05) is 26.1 Å². The van der Waals surface area contributed by atoms with Gasteiger partial charge in [0, 0.05) is 31.2 Å². The summed E-state index contributed by atoms with van der Waals surface area (Å²) in [6, 6.07) is 2.54. The van der Waals surface area contributed by atoms with Gasteiger partial charge in [-0.15, -0.1) is 0 Å². The van der Waals surface area contributed by atoms with Crippen LogP contribution in [-0.2, 0) is 6.54 Å². The molecule has 0 aromatic carbocycles. The third-order valence-corrected chi connectivity index (χ3v) is 3.61. The Morgan fingerprint density at radius 2 is 2.22 bits per heavy atom. The van der Waals surface area contributed by atoms with E-state index < -0.39 is 0 Å². The van der Waals surface area contributed by atoms with Crippen LogP contribution in [0.4, 0.5) is 0 Å². The van der Waals surface area contributed by atoms with E-state index in [1.165, 1.54) is 0 Å². The standard InChI is InChI=1S/C13H24N4S/c1-5-11(3)17-7-6-12(15-17)9-16(4)8-10(2)13(14)18/h6-7,10-11H,5,8-9H2,1-4H3,(H2,14,18). The molecule has 0 fully saturated rings. The van der Waals surface area contributed by atoms with Crippen molar-refractivity contribution in [3.63, 3.8) is 0 Å². The van der Waals surface area contributed by atoms with Gasteiger partial charge in [-0.05, 0) is 26.5 Å². The first-order valence-corrected chi connectivity index (χ1v) is 6.86. The Labute approximate surface area is 115 Å². The van der Waals surface area contributed by atoms with Crippen molar-refractivity contribution < 1.29 is 0 Å². The van der Waals surface area contributed by atoms with Crippen LogP contribution in [0.15, 0.2) is 12.3 Å². The van der Waals surface area contributed by atoms with Gasteiger partial charge in [0.15, 0.2) is 0 Å². The Kier molecular flexibility index (Phi) is 5.75. The van der Waals surface area contributed by atoms with Crippen molar-refractivity contribution in [3.8, 4) is 0 Å². The average molecular weight is 268 g/mol. The molecule has 0 bridgehead atoms. The molecule has 0 amide bonds. The Balaban J connectivity index is 2.52. The minimum atomic E-state index is 0.238. The van der Waals surface area contributed by atoms with Crippen molar-refractivity contribution in [2.45, 2.75) is 39.8 Å². The van der Waals surface area contributed by atoms with Crippen LogP contribution in [0.1, 0.15) is 38.9 Å². The minimum Gasteiger partial charge on any atom is -0.393 e. The van der Waals surface area contributed by atoms with Crippen LogP contribution in [0.2, 0.25) is 0 Å². The van der Waals surface area contributed by atoms with Gasteiger partial charge in [0.05, 0.1) is 10.7 Å². The van der Waals surface area contributed by atoms with Crippen molar-refractivity contribution in [2.24, 2.45) is 11.7 Å². The summed E-state index contributed by atoms with van der Waals surface area (Å²) in [6.07, 6.45) is 3.14. The van der Waals surface area contributed by atoms with E-state index in [9.17, 15) is 0 Å². The van der Waals surface area contributed by atoms with Crippen LogP contribution in [0.5, 0.6) is 0 Å². The summed E-state index contributed by atoms with van der Waals surface area (Å²) >= 11 is 4.99. The third-order valence-electron chi connectivity index (χ3n) is 3.21. The monoisotopic (exact) mass is 268 g/mol. The van der Waals surface area contributed by atoms with Gasteiger partial charge in [0.1, 0.15) is 0 Å². The highest BCUT2D eigenvalue weighted by Gasteiger charge is 2.11. The van der Waals surface area contributed by atoms with Gasteiger partial charge >= 0.3 is 0 Å². The zero-order valence-electron chi connectivity index (χ0n) is 11.8. The maximum atomic E-state index is 5.62. The smallest absolute Gasteiger partial charge is 0.0768 e. The molecule has 102 valence electrons. The molecule has 1 aromatic heterocycles. The van der Waals surface area contributed by atoms with Crippen LogP contribution in [0.3, 0.4) is 0 Å². The van der Waals surface area contributed by atoms with E-state index in [2.05, 4.69) is 43.9 Å². The van der Waals surface area contributed by atoms with E-state index >= 15 is 0 Å². The van der Waals surface area contributed by atoms with Crippen molar-refractivity contribution in [3.05, 3.63) is 18.0 Å². The molecule has 0 spiro atoms. The predicted octanol–water partition coefficient (Wildman–Crippen LogP) is 2.21. The van der Waals surface area contributed by atoms with Crippen LogP contribution in [0, 0.1) is 5.92 Å². The Hall–Kier alpha value is -0.940. The molecule has 18 heavy (non-hydrogen) atoms. The molecule has 4 nitrogen and oxygen atoms in total. The van der Waals surface area contributed by atoms with E-state index in [1.54, 1.807) is 0 Å². The van der Waals surface area contributed by atoms with E-state index in [0.29, 0.717) is 11.0 Å². The van der Waals surface area contributed by atoms with Gasteiger partial charge in [0.2, 0.25) is 0 Å². The van der Waals surface area contributed by atoms with Crippen molar-refractivity contribution in [2.75, 3.05) is 13.6 Å². The second-order valence-electron chi connectivity index (χ2n) is 5.04. The van der Waals surface area contributed by atoms with E-state index in [4.69, 9.17) is 18.0 Å². The molecule has 5 heteroatoms. The summed E-state index contributed by atoms with van der Waals surface area (Å²) in [5, 5.41) is 4.58. The summed E-state index contributed by atoms with van der Waals surface area (Å²) in [6.45, 7) is 8.09. The van der Waals surface area contributed by atoms with Crippen LogP contribution in [0.25, 0.3) is 0 Å². The lowest BCUT2D eigenvalue weighted by Crippen LogP contribution is -2.31. The fourth-order valence-corrected chi connectivity index (χ4v) is 1.87. The summed E-state index contributed by atoms with van der Waals surface area (Å²) in [4.78, 5) is 2.78. The van der Waals surface area contributed by atoms with E-state index in [1.807, 2.05) is 10.9 Å². The van der Waals surface area contributed by atoms with E-state index in [-0.39, 0.29) is 5.92 Å². The zero-order chi connectivity index (χ0) is 13.7. The van der Waals surface area contributed by atoms with Crippen LogP contribution >= 0.6 is 12.2 Å². The topological polar surface area (TPSA) is 47.1 Å². The molecule has 0 aliphatic heterocycles. The van der Waals surface area contributed by atoms with E-state index in [0.717, 1.165) is 25.2 Å². The molecule has 1 heterocycles. The maximum absolute atomic E-state index is 5.62. The second-order valence-corrected chi connectivity index (χ2v) is 5.52. The number of nitrogens with zero attached hydrogens (tertiary/aromatic N) is 3. The first kappa shape index (κ1) is 15.1. The average Bonchev–Trinajstić information content (AvgIpc) is 2.76. The lowest BCUT2D eigenvalue weighted by Gasteiger charge is -2.19. The highest BCUT2D eigenvalue weighted by atomic mass is 32.1. The molecule has 0 saturated heterocycles. The summed E-state index contributed by atoms with van der Waals surface area (Å²) in [5.74, 6) is 0.238. The van der Waals surface area contributed by atoms with Crippen molar-refractivity contribution >= 4 is 17.2 Å². The minimum absolute atomic E-state index is 0.238. The van der Waals surface area contributed by atoms with Gasteiger partial charge in [-0.3, -0.25) is 9.58 Å². The molecule has 0 radical (unpaired) electrons. The molecule has 0 aliphatic carbocycles. The van der Waals surface area contributed by atoms with Crippen LogP contribution in [-0.4, -0.2) is 33.3 Å². The van der Waals surface area contributed by atoms with Crippen LogP contribution < -0.4 is 5.73 Å². The first-order chi connectivity index (χ1) is 8.43. The van der Waals surface area contributed by atoms with Crippen molar-refractivity contribution in [1.29, 1.82) is 0 Å². The fourth-order valence-electron chi connectivity index (χ4n) is 1.79. The number of hydrogen-bond donors (Lipinski definition) is 1. The summed E-state index contributed by atoms with van der Waals surface area (Å²) in [7, 11) is 2.07. The second kappa shape index (κ2) is 6.85. The molecule has 2 N–H and O–H groups in total. The lowest BCUT2D eigenvalue weighted by atomic mass is 10.1. The molecule has 1 aromatic rings. The number of hydrogen-bond acceptors (Lipinski definition) is 3. The zero-order valence-corrected chi connectivity index (χ0v) is 12.6. The third kappa shape index (κ3) is 4.38. The number of thiocarbonyl (C=S) groups is 1. The normalized spacial score (nSPS) is 14.7. The Bertz CT molecular complexity index is 388. The SMILES string of the molecule is CCC(C)n1ccc(CN(C)CC(C)C(N)=S)n1. The van der Waals surface area contributed by atoms with Gasteiger partial charge < -0.3 is 5.73 Å². The van der Waals surface area contributed by atoms with Gasteiger partial charge in [-0.25, -0.2) is 0 Å². The highest BCUT2D eigenvalue weighted by molar-refractivity contribution is 7.80. The van der Waals surface area contributed by atoms with Gasteiger partial charge in [0.25, 0.3) is 0 Å². The predicted molar refractivity (Wildman–Crippen MR) is 79.5 cm³/mol. The molecule has 0 aliphatic rings.